The van der Waals surface area contributed by atoms with E-state index in [1.807, 2.05) is 6.07 Å². The van der Waals surface area contributed by atoms with E-state index in [-0.39, 0.29) is 23.0 Å². The number of nitrogen functional groups attached to an aromatic ring is 1. The number of rotatable bonds is 3. The van der Waals surface area contributed by atoms with Crippen LogP contribution in [-0.4, -0.2) is 27.3 Å². The van der Waals surface area contributed by atoms with E-state index in [9.17, 15) is 19.3 Å². The molecule has 2 aromatic carbocycles. The van der Waals surface area contributed by atoms with Crippen LogP contribution in [0, 0.1) is 15.9 Å². The Morgan fingerprint density at radius 3 is 2.82 bits per heavy atom. The van der Waals surface area contributed by atoms with E-state index in [1.54, 1.807) is 12.1 Å². The van der Waals surface area contributed by atoms with Crippen LogP contribution in [0.15, 0.2) is 42.6 Å². The smallest absolute Gasteiger partial charge is 0.305 e. The van der Waals surface area contributed by atoms with Crippen molar-refractivity contribution >= 4 is 17.4 Å². The van der Waals surface area contributed by atoms with Crippen LogP contribution in [-0.2, 0) is 6.42 Å². The molecule has 9 heteroatoms. The summed E-state index contributed by atoms with van der Waals surface area (Å²) < 4.78 is 14.5. The fourth-order valence-electron chi connectivity index (χ4n) is 3.17. The van der Waals surface area contributed by atoms with E-state index in [1.165, 1.54) is 18.3 Å². The molecule has 8 nitrogen and oxygen atoms in total. The first-order valence-electron chi connectivity index (χ1n) is 8.43. The van der Waals surface area contributed by atoms with E-state index in [4.69, 9.17) is 5.73 Å². The van der Waals surface area contributed by atoms with Gasteiger partial charge in [0.1, 0.15) is 11.5 Å². The van der Waals surface area contributed by atoms with Gasteiger partial charge in [-0.3, -0.25) is 14.9 Å². The Balaban J connectivity index is 1.82. The number of benzene rings is 2. The van der Waals surface area contributed by atoms with E-state index in [0.717, 1.165) is 11.6 Å². The van der Waals surface area contributed by atoms with Crippen LogP contribution in [0.5, 0.6) is 0 Å². The molecule has 0 saturated heterocycles. The molecule has 1 aromatic heterocycles. The molecule has 28 heavy (non-hydrogen) atoms. The second-order valence-corrected chi connectivity index (χ2v) is 6.26. The number of nitro groups is 1. The van der Waals surface area contributed by atoms with Gasteiger partial charge in [-0.25, -0.2) is 9.97 Å². The SMILES string of the molecule is Nc1ncc(-c2cccc([N+](=O)[O-])c2F)nc1-c1ccc2c(c1)CCNC2=O. The lowest BCUT2D eigenvalue weighted by Gasteiger charge is -2.17. The van der Waals surface area contributed by atoms with Crippen molar-refractivity contribution in [2.75, 3.05) is 12.3 Å². The lowest BCUT2D eigenvalue weighted by Crippen LogP contribution is -2.31. The Morgan fingerprint density at radius 2 is 2.04 bits per heavy atom. The van der Waals surface area contributed by atoms with Gasteiger partial charge in [0.15, 0.2) is 0 Å². The molecule has 140 valence electrons. The first-order chi connectivity index (χ1) is 13.5. The average Bonchev–Trinajstić information content (AvgIpc) is 2.68. The van der Waals surface area contributed by atoms with Gasteiger partial charge < -0.3 is 11.1 Å². The van der Waals surface area contributed by atoms with Crippen molar-refractivity contribution in [2.24, 2.45) is 0 Å². The fraction of sp³-hybridized carbons (Fsp3) is 0.105. The molecule has 0 bridgehead atoms. The molecule has 4 rings (SSSR count). The molecule has 2 heterocycles. The molecule has 0 unspecified atom stereocenters. The highest BCUT2D eigenvalue weighted by atomic mass is 19.1. The van der Waals surface area contributed by atoms with E-state index in [2.05, 4.69) is 15.3 Å². The Labute approximate surface area is 158 Å². The van der Waals surface area contributed by atoms with Crippen LogP contribution in [0.1, 0.15) is 15.9 Å². The minimum Gasteiger partial charge on any atom is -0.382 e. The average molecular weight is 379 g/mol. The van der Waals surface area contributed by atoms with Crippen molar-refractivity contribution < 1.29 is 14.1 Å². The first kappa shape index (κ1) is 17.5. The maximum atomic E-state index is 14.5. The fourth-order valence-corrected chi connectivity index (χ4v) is 3.17. The summed E-state index contributed by atoms with van der Waals surface area (Å²) in [6, 6.07) is 9.04. The van der Waals surface area contributed by atoms with Gasteiger partial charge in [0.05, 0.1) is 16.8 Å². The molecule has 0 fully saturated rings. The maximum absolute atomic E-state index is 14.5. The zero-order chi connectivity index (χ0) is 19.8. The second kappa shape index (κ2) is 6.69. The van der Waals surface area contributed by atoms with Gasteiger partial charge in [-0.2, -0.15) is 4.39 Å². The molecular formula is C19H14FN5O3. The highest BCUT2D eigenvalue weighted by molar-refractivity contribution is 5.97. The summed E-state index contributed by atoms with van der Waals surface area (Å²) in [4.78, 5) is 30.6. The summed E-state index contributed by atoms with van der Waals surface area (Å²) in [5.41, 5.74) is 7.80. The molecule has 0 radical (unpaired) electrons. The minimum atomic E-state index is -0.986. The van der Waals surface area contributed by atoms with E-state index in [0.29, 0.717) is 29.8 Å². The Bertz CT molecular complexity index is 1130. The van der Waals surface area contributed by atoms with Crippen LogP contribution in [0.3, 0.4) is 0 Å². The number of halogens is 1. The Morgan fingerprint density at radius 1 is 1.21 bits per heavy atom. The van der Waals surface area contributed by atoms with Gasteiger partial charge in [-0.05, 0) is 30.2 Å². The summed E-state index contributed by atoms with van der Waals surface area (Å²) >= 11 is 0. The van der Waals surface area contributed by atoms with Crippen LogP contribution >= 0.6 is 0 Å². The topological polar surface area (TPSA) is 124 Å². The molecule has 3 N–H and O–H groups in total. The third-order valence-corrected chi connectivity index (χ3v) is 4.55. The predicted molar refractivity (Wildman–Crippen MR) is 100.0 cm³/mol. The Hall–Kier alpha value is -3.88. The monoisotopic (exact) mass is 379 g/mol. The number of carbonyl (C=O) groups is 1. The Kier molecular flexibility index (Phi) is 4.19. The van der Waals surface area contributed by atoms with Crippen molar-refractivity contribution in [2.45, 2.75) is 6.42 Å². The van der Waals surface area contributed by atoms with Gasteiger partial charge in [-0.1, -0.05) is 12.1 Å². The lowest BCUT2D eigenvalue weighted by molar-refractivity contribution is -0.387. The lowest BCUT2D eigenvalue weighted by atomic mass is 9.96. The quantitative estimate of drug-likeness (QED) is 0.533. The van der Waals surface area contributed by atoms with Crippen LogP contribution in [0.2, 0.25) is 0 Å². The molecule has 1 amide bonds. The number of anilines is 1. The second-order valence-electron chi connectivity index (χ2n) is 6.26. The zero-order valence-corrected chi connectivity index (χ0v) is 14.5. The van der Waals surface area contributed by atoms with Crippen molar-refractivity contribution in [3.8, 4) is 22.5 Å². The third-order valence-electron chi connectivity index (χ3n) is 4.55. The van der Waals surface area contributed by atoms with Crippen LogP contribution in [0.4, 0.5) is 15.9 Å². The van der Waals surface area contributed by atoms with Gasteiger partial charge in [0, 0.05) is 29.3 Å². The number of hydrogen-bond acceptors (Lipinski definition) is 6. The van der Waals surface area contributed by atoms with Crippen LogP contribution < -0.4 is 11.1 Å². The minimum absolute atomic E-state index is 0.0414. The van der Waals surface area contributed by atoms with Crippen LogP contribution in [0.25, 0.3) is 22.5 Å². The largest absolute Gasteiger partial charge is 0.382 e. The van der Waals surface area contributed by atoms with Gasteiger partial charge in [0.2, 0.25) is 5.82 Å². The summed E-state index contributed by atoms with van der Waals surface area (Å²) in [5, 5.41) is 13.8. The van der Waals surface area contributed by atoms with Crippen molar-refractivity contribution in [1.29, 1.82) is 0 Å². The summed E-state index contributed by atoms with van der Waals surface area (Å²) in [5.74, 6) is -0.992. The van der Waals surface area contributed by atoms with Gasteiger partial charge in [0.25, 0.3) is 5.91 Å². The molecule has 0 spiro atoms. The molecule has 0 atom stereocenters. The van der Waals surface area contributed by atoms with Gasteiger partial charge >= 0.3 is 5.69 Å². The summed E-state index contributed by atoms with van der Waals surface area (Å²) in [6.45, 7) is 0.537. The number of amides is 1. The molecular weight excluding hydrogens is 365 g/mol. The zero-order valence-electron chi connectivity index (χ0n) is 14.5. The summed E-state index contributed by atoms with van der Waals surface area (Å²) in [6.07, 6.45) is 1.94. The maximum Gasteiger partial charge on any atom is 0.305 e. The van der Waals surface area contributed by atoms with E-state index >= 15 is 0 Å². The number of hydrogen-bond donors (Lipinski definition) is 2. The highest BCUT2D eigenvalue weighted by Crippen LogP contribution is 2.31. The number of nitrogens with two attached hydrogens (primary N) is 1. The normalized spacial score (nSPS) is 13.0. The molecule has 1 aliphatic rings. The number of aromatic nitrogens is 2. The molecule has 3 aromatic rings. The van der Waals surface area contributed by atoms with E-state index < -0.39 is 16.4 Å². The van der Waals surface area contributed by atoms with Gasteiger partial charge in [-0.15, -0.1) is 0 Å². The number of carbonyl (C=O) groups excluding carboxylic acids is 1. The molecule has 0 saturated carbocycles. The third kappa shape index (κ3) is 2.92. The van der Waals surface area contributed by atoms with Crippen molar-refractivity contribution in [3.05, 3.63) is 69.7 Å². The molecule has 1 aliphatic heterocycles. The number of fused-ring (bicyclic) bond motifs is 1. The summed E-state index contributed by atoms with van der Waals surface area (Å²) in [7, 11) is 0. The molecule has 0 aliphatic carbocycles. The van der Waals surface area contributed by atoms with Crippen molar-refractivity contribution in [1.82, 2.24) is 15.3 Å². The highest BCUT2D eigenvalue weighted by Gasteiger charge is 2.21. The predicted octanol–water partition coefficient (Wildman–Crippen LogP) is 2.73. The number of nitro benzene ring substituents is 1. The first-order valence-corrected chi connectivity index (χ1v) is 8.43. The standard InChI is InChI=1S/C19H14FN5O3/c20-16-13(2-1-3-15(16)25(27)28)14-9-23-18(21)17(24-14)11-4-5-12-10(8-11)6-7-22-19(12)26/h1-5,8-9H,6-7H2,(H2,21,23)(H,22,26). The van der Waals surface area contributed by atoms with Crippen molar-refractivity contribution in [3.63, 3.8) is 0 Å². The number of nitrogens with zero attached hydrogens (tertiary/aromatic N) is 3. The number of nitrogens with one attached hydrogen (secondary N) is 1.